The van der Waals surface area contributed by atoms with Gasteiger partial charge in [-0.3, -0.25) is 14.3 Å². The van der Waals surface area contributed by atoms with Crippen molar-refractivity contribution in [3.8, 4) is 0 Å². The van der Waals surface area contributed by atoms with E-state index in [1.165, 1.54) is 6.20 Å². The first-order chi connectivity index (χ1) is 15.4. The summed E-state index contributed by atoms with van der Waals surface area (Å²) < 4.78 is 1.78. The summed E-state index contributed by atoms with van der Waals surface area (Å²) in [6, 6.07) is 7.78. The number of anilines is 2. The van der Waals surface area contributed by atoms with Crippen LogP contribution in [0.1, 0.15) is 55.7 Å². The first kappa shape index (κ1) is 20.5. The van der Waals surface area contributed by atoms with Crippen LogP contribution in [0.3, 0.4) is 0 Å². The van der Waals surface area contributed by atoms with Crippen molar-refractivity contribution in [2.75, 3.05) is 17.6 Å². The molecule has 8 heteroatoms. The molecule has 2 amide bonds. The second-order valence-electron chi connectivity index (χ2n) is 9.20. The molecule has 0 radical (unpaired) electrons. The summed E-state index contributed by atoms with van der Waals surface area (Å²) >= 11 is 0. The number of likely N-dealkylation sites (tertiary alicyclic amines) is 1. The maximum absolute atomic E-state index is 13.2. The number of fused-ring (bicyclic) bond motifs is 1. The number of nitrogens with two attached hydrogens (primary N) is 1. The highest BCUT2D eigenvalue weighted by Crippen LogP contribution is 2.43. The molecule has 2 aromatic heterocycles. The van der Waals surface area contributed by atoms with Crippen LogP contribution in [0.15, 0.2) is 36.7 Å². The van der Waals surface area contributed by atoms with E-state index in [1.807, 2.05) is 37.5 Å². The fourth-order valence-corrected chi connectivity index (χ4v) is 4.68. The molecule has 0 unspecified atom stereocenters. The highest BCUT2D eigenvalue weighted by Gasteiger charge is 2.34. The number of amides is 2. The van der Waals surface area contributed by atoms with Crippen LogP contribution in [0.25, 0.3) is 10.9 Å². The van der Waals surface area contributed by atoms with Gasteiger partial charge in [-0.05, 0) is 60.8 Å². The summed E-state index contributed by atoms with van der Waals surface area (Å²) in [5.41, 5.74) is 9.33. The van der Waals surface area contributed by atoms with Crippen LogP contribution < -0.4 is 11.1 Å². The van der Waals surface area contributed by atoms with E-state index in [0.29, 0.717) is 29.9 Å². The van der Waals surface area contributed by atoms with Crippen molar-refractivity contribution < 1.29 is 9.59 Å². The van der Waals surface area contributed by atoms with Crippen molar-refractivity contribution in [2.45, 2.75) is 44.6 Å². The van der Waals surface area contributed by atoms with Crippen LogP contribution in [-0.4, -0.2) is 38.0 Å². The smallest absolute Gasteiger partial charge is 0.313 e. The molecule has 1 saturated heterocycles. The van der Waals surface area contributed by atoms with Crippen molar-refractivity contribution in [2.24, 2.45) is 13.0 Å². The Morgan fingerprint density at radius 1 is 1.16 bits per heavy atom. The Kier molecular flexibility index (Phi) is 5.07. The van der Waals surface area contributed by atoms with Gasteiger partial charge in [0.25, 0.3) is 0 Å². The van der Waals surface area contributed by atoms with Gasteiger partial charge in [-0.25, -0.2) is 4.98 Å². The van der Waals surface area contributed by atoms with Gasteiger partial charge in [0, 0.05) is 25.2 Å². The standard InChI is InChI=1S/C24H28N6O2/c1-14-3-8-21(16-6-7-17-13-29(2)28-20(17)9-16)30(12-14)24(32)23(31)27-18-10-19(15-4-5-15)22(25)26-11-18/h6-7,9-11,13-15,21H,3-5,8,12H2,1-2H3,(H2,25,26)(H,27,31)/t14-,21+/m0/s1. The van der Waals surface area contributed by atoms with Crippen LogP contribution in [0.5, 0.6) is 0 Å². The molecule has 1 aliphatic carbocycles. The number of rotatable bonds is 3. The van der Waals surface area contributed by atoms with Crippen molar-refractivity contribution in [1.82, 2.24) is 19.7 Å². The third-order valence-electron chi connectivity index (χ3n) is 6.53. The number of nitrogen functional groups attached to an aromatic ring is 1. The predicted octanol–water partition coefficient (Wildman–Crippen LogP) is 3.37. The molecule has 0 spiro atoms. The monoisotopic (exact) mass is 432 g/mol. The third-order valence-corrected chi connectivity index (χ3v) is 6.53. The van der Waals surface area contributed by atoms with Gasteiger partial charge in [-0.2, -0.15) is 5.10 Å². The summed E-state index contributed by atoms with van der Waals surface area (Å²) in [6.07, 6.45) is 7.45. The molecule has 2 aliphatic rings. The number of nitrogens with zero attached hydrogens (tertiary/aromatic N) is 4. The number of hydrogen-bond acceptors (Lipinski definition) is 5. The lowest BCUT2D eigenvalue weighted by atomic mass is 9.89. The van der Waals surface area contributed by atoms with E-state index in [-0.39, 0.29) is 6.04 Å². The minimum absolute atomic E-state index is 0.151. The summed E-state index contributed by atoms with van der Waals surface area (Å²) in [4.78, 5) is 32.1. The van der Waals surface area contributed by atoms with Crippen molar-refractivity contribution >= 4 is 34.2 Å². The largest absolute Gasteiger partial charge is 0.383 e. The molecule has 1 aliphatic heterocycles. The van der Waals surface area contributed by atoms with E-state index in [0.717, 1.165) is 47.7 Å². The fraction of sp³-hybridized carbons (Fsp3) is 0.417. The normalized spacial score (nSPS) is 21.0. The second kappa shape index (κ2) is 7.93. The zero-order chi connectivity index (χ0) is 22.4. The molecule has 3 N–H and O–H groups in total. The Morgan fingerprint density at radius 3 is 2.75 bits per heavy atom. The molecule has 3 aromatic rings. The Morgan fingerprint density at radius 2 is 1.97 bits per heavy atom. The lowest BCUT2D eigenvalue weighted by Gasteiger charge is -2.38. The summed E-state index contributed by atoms with van der Waals surface area (Å²) in [6.45, 7) is 2.66. The minimum Gasteiger partial charge on any atom is -0.383 e. The Labute approximate surface area is 186 Å². The number of nitrogens with one attached hydrogen (secondary N) is 1. The number of piperidine rings is 1. The number of hydrogen-bond donors (Lipinski definition) is 2. The number of benzene rings is 1. The number of aromatic nitrogens is 3. The quantitative estimate of drug-likeness (QED) is 0.617. The molecular formula is C24H28N6O2. The van der Waals surface area contributed by atoms with Gasteiger partial charge in [0.15, 0.2) is 0 Å². The molecule has 1 saturated carbocycles. The Bertz CT molecular complexity index is 1200. The molecule has 2 atom stereocenters. The van der Waals surface area contributed by atoms with Gasteiger partial charge >= 0.3 is 11.8 Å². The first-order valence-corrected chi connectivity index (χ1v) is 11.2. The van der Waals surface area contributed by atoms with Gasteiger partial charge in [0.2, 0.25) is 0 Å². The van der Waals surface area contributed by atoms with E-state index in [4.69, 9.17) is 5.73 Å². The minimum atomic E-state index is -0.642. The predicted molar refractivity (Wildman–Crippen MR) is 123 cm³/mol. The van der Waals surface area contributed by atoms with E-state index in [1.54, 1.807) is 9.58 Å². The van der Waals surface area contributed by atoms with Crippen LogP contribution >= 0.6 is 0 Å². The maximum Gasteiger partial charge on any atom is 0.313 e. The maximum atomic E-state index is 13.2. The SMILES string of the molecule is C[C@H]1CC[C@H](c2ccc3cn(C)nc3c2)N(C(=O)C(=O)Nc2cnc(N)c(C3CC3)c2)C1. The third kappa shape index (κ3) is 3.92. The molecule has 2 fully saturated rings. The van der Waals surface area contributed by atoms with E-state index in [9.17, 15) is 9.59 Å². The topological polar surface area (TPSA) is 106 Å². The van der Waals surface area contributed by atoms with Crippen LogP contribution in [0.4, 0.5) is 11.5 Å². The van der Waals surface area contributed by atoms with Crippen molar-refractivity contribution in [1.29, 1.82) is 0 Å². The zero-order valence-electron chi connectivity index (χ0n) is 18.4. The summed E-state index contributed by atoms with van der Waals surface area (Å²) in [7, 11) is 1.89. The van der Waals surface area contributed by atoms with E-state index >= 15 is 0 Å². The molecule has 3 heterocycles. The molecule has 1 aromatic carbocycles. The summed E-state index contributed by atoms with van der Waals surface area (Å²) in [5.74, 6) is 0.0700. The first-order valence-electron chi connectivity index (χ1n) is 11.2. The molecule has 5 rings (SSSR count). The van der Waals surface area contributed by atoms with Crippen LogP contribution in [0, 0.1) is 5.92 Å². The lowest BCUT2D eigenvalue weighted by Crippen LogP contribution is -2.46. The van der Waals surface area contributed by atoms with Crippen LogP contribution in [0.2, 0.25) is 0 Å². The van der Waals surface area contributed by atoms with Crippen molar-refractivity contribution in [3.63, 3.8) is 0 Å². The van der Waals surface area contributed by atoms with Gasteiger partial charge < -0.3 is 16.0 Å². The number of carbonyl (C=O) groups is 2. The molecule has 8 nitrogen and oxygen atoms in total. The van der Waals surface area contributed by atoms with Crippen LogP contribution in [-0.2, 0) is 16.6 Å². The average Bonchev–Trinajstić information content (AvgIpc) is 3.54. The van der Waals surface area contributed by atoms with Crippen molar-refractivity contribution in [3.05, 3.63) is 47.8 Å². The Hall–Kier alpha value is -3.42. The highest BCUT2D eigenvalue weighted by atomic mass is 16.2. The summed E-state index contributed by atoms with van der Waals surface area (Å²) in [5, 5.41) is 8.30. The lowest BCUT2D eigenvalue weighted by molar-refractivity contribution is -0.146. The highest BCUT2D eigenvalue weighted by molar-refractivity contribution is 6.39. The molecular weight excluding hydrogens is 404 g/mol. The number of pyridine rings is 1. The second-order valence-corrected chi connectivity index (χ2v) is 9.20. The van der Waals surface area contributed by atoms with E-state index in [2.05, 4.69) is 22.3 Å². The zero-order valence-corrected chi connectivity index (χ0v) is 18.4. The van der Waals surface area contributed by atoms with Gasteiger partial charge in [0.05, 0.1) is 23.4 Å². The van der Waals surface area contributed by atoms with Gasteiger partial charge in [0.1, 0.15) is 5.82 Å². The number of aryl methyl sites for hydroxylation is 1. The Balaban J connectivity index is 1.38. The molecule has 0 bridgehead atoms. The molecule has 32 heavy (non-hydrogen) atoms. The van der Waals surface area contributed by atoms with Gasteiger partial charge in [-0.15, -0.1) is 0 Å². The van der Waals surface area contributed by atoms with E-state index < -0.39 is 11.8 Å². The molecule has 166 valence electrons. The van der Waals surface area contributed by atoms with Gasteiger partial charge in [-0.1, -0.05) is 19.1 Å². The fourth-order valence-electron chi connectivity index (χ4n) is 4.68. The number of carbonyl (C=O) groups excluding carboxylic acids is 2. The average molecular weight is 433 g/mol.